The highest BCUT2D eigenvalue weighted by molar-refractivity contribution is 5.85. The molecule has 5 atom stereocenters. The maximum absolute atomic E-state index is 12.1. The maximum atomic E-state index is 12.1. The Morgan fingerprint density at radius 2 is 1.95 bits per heavy atom. The highest BCUT2D eigenvalue weighted by Gasteiger charge is 2.29. The molecule has 0 radical (unpaired) electrons. The van der Waals surface area contributed by atoms with Gasteiger partial charge in [-0.15, -0.1) is 12.4 Å². The molecule has 2 rings (SSSR count). The fourth-order valence-corrected chi connectivity index (χ4v) is 3.70. The minimum absolute atomic E-state index is 0. The zero-order chi connectivity index (χ0) is 13.1. The van der Waals surface area contributed by atoms with Gasteiger partial charge >= 0.3 is 0 Å². The Morgan fingerprint density at radius 3 is 2.53 bits per heavy atom. The van der Waals surface area contributed by atoms with Gasteiger partial charge in [0.1, 0.15) is 0 Å². The van der Waals surface area contributed by atoms with Crippen LogP contribution >= 0.6 is 12.4 Å². The molecule has 3 N–H and O–H groups in total. The first-order valence-corrected chi connectivity index (χ1v) is 7.61. The summed E-state index contributed by atoms with van der Waals surface area (Å²) in [5, 5.41) is 3.24. The Hall–Kier alpha value is -0.280. The van der Waals surface area contributed by atoms with Crippen molar-refractivity contribution in [2.45, 2.75) is 70.9 Å². The number of nitrogens with two attached hydrogens (primary N) is 1. The molecule has 2 aliphatic rings. The fraction of sp³-hybridized carbons (Fsp3) is 0.933. The van der Waals surface area contributed by atoms with Crippen molar-refractivity contribution in [1.82, 2.24) is 5.32 Å². The molecule has 3 unspecified atom stereocenters. The topological polar surface area (TPSA) is 55.1 Å². The van der Waals surface area contributed by atoms with Gasteiger partial charge in [-0.3, -0.25) is 4.79 Å². The monoisotopic (exact) mass is 288 g/mol. The molecule has 4 heteroatoms. The van der Waals surface area contributed by atoms with Crippen LogP contribution in [0.3, 0.4) is 0 Å². The molecule has 0 heterocycles. The van der Waals surface area contributed by atoms with Gasteiger partial charge < -0.3 is 11.1 Å². The highest BCUT2D eigenvalue weighted by Crippen LogP contribution is 2.30. The molecule has 0 saturated heterocycles. The average Bonchev–Trinajstić information content (AvgIpc) is 2.69. The van der Waals surface area contributed by atoms with Crippen LogP contribution in [0.2, 0.25) is 0 Å². The van der Waals surface area contributed by atoms with Gasteiger partial charge in [0, 0.05) is 18.5 Å². The molecule has 19 heavy (non-hydrogen) atoms. The van der Waals surface area contributed by atoms with Crippen molar-refractivity contribution in [1.29, 1.82) is 0 Å². The van der Waals surface area contributed by atoms with Crippen LogP contribution < -0.4 is 11.1 Å². The number of hydrogen-bond donors (Lipinski definition) is 2. The van der Waals surface area contributed by atoms with Gasteiger partial charge in [0.2, 0.25) is 5.91 Å². The van der Waals surface area contributed by atoms with E-state index in [9.17, 15) is 4.79 Å². The average molecular weight is 289 g/mol. The van der Waals surface area contributed by atoms with E-state index in [4.69, 9.17) is 5.73 Å². The van der Waals surface area contributed by atoms with Crippen LogP contribution in [0.1, 0.15) is 58.8 Å². The van der Waals surface area contributed by atoms with Crippen LogP contribution in [0.15, 0.2) is 0 Å². The van der Waals surface area contributed by atoms with Crippen molar-refractivity contribution in [2.24, 2.45) is 23.5 Å². The Labute approximate surface area is 123 Å². The smallest absolute Gasteiger partial charge is 0.220 e. The van der Waals surface area contributed by atoms with Crippen LogP contribution in [0.25, 0.3) is 0 Å². The lowest BCUT2D eigenvalue weighted by Gasteiger charge is -2.33. The first-order valence-electron chi connectivity index (χ1n) is 7.61. The SMILES string of the molecule is CC1CCC(NC(=O)C[C@@H]2CCC[C@H]2N)C(C)C1.Cl. The predicted octanol–water partition coefficient (Wildman–Crippen LogP) is 2.87. The van der Waals surface area contributed by atoms with Crippen LogP contribution in [0, 0.1) is 17.8 Å². The molecule has 2 aliphatic carbocycles. The number of rotatable bonds is 3. The van der Waals surface area contributed by atoms with Gasteiger partial charge in [-0.2, -0.15) is 0 Å². The third-order valence-corrected chi connectivity index (χ3v) is 4.94. The second kappa shape index (κ2) is 7.49. The normalized spacial score (nSPS) is 38.6. The van der Waals surface area contributed by atoms with E-state index in [1.54, 1.807) is 0 Å². The minimum Gasteiger partial charge on any atom is -0.353 e. The molecule has 3 nitrogen and oxygen atoms in total. The molecule has 2 fully saturated rings. The number of halogens is 1. The zero-order valence-electron chi connectivity index (χ0n) is 12.2. The standard InChI is InChI=1S/C15H28N2O.ClH/c1-10-6-7-14(11(2)8-10)17-15(18)9-12-4-3-5-13(12)16;/h10-14H,3-9,16H2,1-2H3,(H,17,18);1H/t10?,11?,12-,13+,14?;/m0./s1. The summed E-state index contributed by atoms with van der Waals surface area (Å²) in [6, 6.07) is 0.644. The zero-order valence-corrected chi connectivity index (χ0v) is 13.0. The van der Waals surface area contributed by atoms with E-state index in [2.05, 4.69) is 19.2 Å². The minimum atomic E-state index is 0. The predicted molar refractivity (Wildman–Crippen MR) is 81.3 cm³/mol. The van der Waals surface area contributed by atoms with Crippen LogP contribution in [-0.4, -0.2) is 18.0 Å². The number of nitrogens with one attached hydrogen (secondary N) is 1. The van der Waals surface area contributed by atoms with Crippen molar-refractivity contribution in [3.05, 3.63) is 0 Å². The maximum Gasteiger partial charge on any atom is 0.220 e. The van der Waals surface area contributed by atoms with E-state index in [-0.39, 0.29) is 24.4 Å². The summed E-state index contributed by atoms with van der Waals surface area (Å²) in [6.45, 7) is 4.58. The molecule has 0 aliphatic heterocycles. The largest absolute Gasteiger partial charge is 0.353 e. The molecule has 0 bridgehead atoms. The van der Waals surface area contributed by atoms with E-state index in [0.29, 0.717) is 24.3 Å². The molecular weight excluding hydrogens is 260 g/mol. The van der Waals surface area contributed by atoms with Crippen molar-refractivity contribution >= 4 is 18.3 Å². The quantitative estimate of drug-likeness (QED) is 0.839. The Bertz CT molecular complexity index is 298. The van der Waals surface area contributed by atoms with Gasteiger partial charge in [-0.1, -0.05) is 20.3 Å². The summed E-state index contributed by atoms with van der Waals surface area (Å²) in [6.07, 6.45) is 7.69. The lowest BCUT2D eigenvalue weighted by atomic mass is 9.80. The summed E-state index contributed by atoms with van der Waals surface area (Å²) in [5.74, 6) is 2.08. The molecular formula is C15H29ClN2O. The first kappa shape index (κ1) is 16.8. The fourth-order valence-electron chi connectivity index (χ4n) is 3.70. The first-order chi connectivity index (χ1) is 8.56. The number of carbonyl (C=O) groups is 1. The second-order valence-corrected chi connectivity index (χ2v) is 6.63. The third-order valence-electron chi connectivity index (χ3n) is 4.94. The van der Waals surface area contributed by atoms with E-state index in [1.165, 1.54) is 19.3 Å². The van der Waals surface area contributed by atoms with Gasteiger partial charge in [0.15, 0.2) is 0 Å². The van der Waals surface area contributed by atoms with Gasteiger partial charge in [0.25, 0.3) is 0 Å². The number of hydrogen-bond acceptors (Lipinski definition) is 2. The van der Waals surface area contributed by atoms with Crippen LogP contribution in [0.5, 0.6) is 0 Å². The summed E-state index contributed by atoms with van der Waals surface area (Å²) in [5.41, 5.74) is 6.03. The van der Waals surface area contributed by atoms with Crippen molar-refractivity contribution in [3.63, 3.8) is 0 Å². The third kappa shape index (κ3) is 4.64. The van der Waals surface area contributed by atoms with Crippen LogP contribution in [-0.2, 0) is 4.79 Å². The van der Waals surface area contributed by atoms with Crippen molar-refractivity contribution in [3.8, 4) is 0 Å². The Kier molecular flexibility index (Phi) is 6.61. The second-order valence-electron chi connectivity index (χ2n) is 6.63. The molecule has 1 amide bonds. The summed E-state index contributed by atoms with van der Waals surface area (Å²) < 4.78 is 0. The van der Waals surface area contributed by atoms with Gasteiger partial charge in [-0.05, 0) is 49.9 Å². The molecule has 0 aromatic carbocycles. The number of amides is 1. The summed E-state index contributed by atoms with van der Waals surface area (Å²) >= 11 is 0. The molecule has 0 aromatic rings. The van der Waals surface area contributed by atoms with Crippen molar-refractivity contribution in [2.75, 3.05) is 0 Å². The van der Waals surface area contributed by atoms with Gasteiger partial charge in [0.05, 0.1) is 0 Å². The number of carbonyl (C=O) groups excluding carboxylic acids is 1. The molecule has 112 valence electrons. The molecule has 0 aromatic heterocycles. The van der Waals surface area contributed by atoms with E-state index in [0.717, 1.165) is 25.2 Å². The molecule has 2 saturated carbocycles. The van der Waals surface area contributed by atoms with E-state index < -0.39 is 0 Å². The molecule has 0 spiro atoms. The lowest BCUT2D eigenvalue weighted by molar-refractivity contribution is -0.123. The van der Waals surface area contributed by atoms with E-state index in [1.807, 2.05) is 0 Å². The Morgan fingerprint density at radius 1 is 1.21 bits per heavy atom. The summed E-state index contributed by atoms with van der Waals surface area (Å²) in [7, 11) is 0. The lowest BCUT2D eigenvalue weighted by Crippen LogP contribution is -2.43. The van der Waals surface area contributed by atoms with Crippen LogP contribution in [0.4, 0.5) is 0 Å². The highest BCUT2D eigenvalue weighted by atomic mass is 35.5. The summed E-state index contributed by atoms with van der Waals surface area (Å²) in [4.78, 5) is 12.1. The van der Waals surface area contributed by atoms with Crippen molar-refractivity contribution < 1.29 is 4.79 Å². The van der Waals surface area contributed by atoms with E-state index >= 15 is 0 Å². The van der Waals surface area contributed by atoms with Gasteiger partial charge in [-0.25, -0.2) is 0 Å². The Balaban J connectivity index is 0.00000180.